The van der Waals surface area contributed by atoms with E-state index in [0.29, 0.717) is 0 Å². The molecule has 0 bridgehead atoms. The minimum atomic E-state index is -4.38. The minimum absolute atomic E-state index is 0.989. The number of aromatic nitrogens is 3. The van der Waals surface area contributed by atoms with Gasteiger partial charge in [-0.3, -0.25) is 0 Å². The summed E-state index contributed by atoms with van der Waals surface area (Å²) in [4.78, 5) is 3.07. The zero-order chi connectivity index (χ0) is 15.2. The lowest BCUT2D eigenvalue weighted by Gasteiger charge is -2.04. The first kappa shape index (κ1) is 14.3. The summed E-state index contributed by atoms with van der Waals surface area (Å²) in [5, 5.41) is 8.42. The Hall–Kier alpha value is -2.08. The molecule has 2 rings (SSSR count). The molecule has 0 aliphatic heterocycles. The van der Waals surface area contributed by atoms with Crippen molar-refractivity contribution < 1.29 is 30.4 Å². The van der Waals surface area contributed by atoms with Crippen LogP contribution in [0.5, 0.6) is 0 Å². The van der Waals surface area contributed by atoms with Gasteiger partial charge in [0.2, 0.25) is 5.82 Å². The van der Waals surface area contributed by atoms with Gasteiger partial charge in [0.15, 0.2) is 29.1 Å². The molecule has 0 aliphatic carbocycles. The van der Waals surface area contributed by atoms with Gasteiger partial charge in [-0.05, 0) is 0 Å². The highest BCUT2D eigenvalue weighted by Crippen LogP contribution is 2.29. The monoisotopic (exact) mass is 314 g/mol. The van der Waals surface area contributed by atoms with E-state index >= 15 is 0 Å². The van der Waals surface area contributed by atoms with E-state index in [1.807, 2.05) is 0 Å². The van der Waals surface area contributed by atoms with Crippen LogP contribution in [-0.2, 0) is 10.0 Å². The van der Waals surface area contributed by atoms with Crippen molar-refractivity contribution >= 4 is 10.0 Å². The molecule has 108 valence electrons. The largest absolute Gasteiger partial charge is 0.273 e. The van der Waals surface area contributed by atoms with Gasteiger partial charge in [0.05, 0.1) is 5.56 Å². The highest BCUT2D eigenvalue weighted by atomic mass is 32.2. The molecule has 0 radical (unpaired) electrons. The highest BCUT2D eigenvalue weighted by Gasteiger charge is 2.29. The lowest BCUT2D eigenvalue weighted by molar-refractivity contribution is 0.381. The summed E-state index contributed by atoms with van der Waals surface area (Å²) in [6, 6.07) is 0. The quantitative estimate of drug-likeness (QED) is 0.486. The van der Waals surface area contributed by atoms with Crippen LogP contribution in [0.3, 0.4) is 0 Å². The molecule has 6 nitrogen and oxygen atoms in total. The van der Waals surface area contributed by atoms with Gasteiger partial charge in [0.25, 0.3) is 15.2 Å². The zero-order valence-electron chi connectivity index (χ0n) is 9.09. The number of nitrogens with zero attached hydrogens (tertiary/aromatic N) is 2. The number of H-pyrrole nitrogens is 1. The fourth-order valence-corrected chi connectivity index (χ4v) is 1.67. The Bertz CT molecular complexity index is 774. The fourth-order valence-electron chi connectivity index (χ4n) is 1.29. The van der Waals surface area contributed by atoms with Crippen molar-refractivity contribution in [3.63, 3.8) is 0 Å². The third kappa shape index (κ3) is 2.12. The second-order valence-electron chi connectivity index (χ2n) is 3.45. The van der Waals surface area contributed by atoms with Gasteiger partial charge >= 0.3 is 0 Å². The Morgan fingerprint density at radius 2 is 1.35 bits per heavy atom. The normalized spacial score (nSPS) is 11.9. The number of hydrogen-bond acceptors (Lipinski definition) is 4. The molecule has 0 saturated carbocycles. The van der Waals surface area contributed by atoms with E-state index in [2.05, 4.69) is 15.2 Å². The number of benzene rings is 1. The topological polar surface area (TPSA) is 102 Å². The van der Waals surface area contributed by atoms with E-state index in [1.165, 1.54) is 0 Å². The second-order valence-corrected chi connectivity index (χ2v) is 4.93. The van der Waals surface area contributed by atoms with Crippen molar-refractivity contribution in [1.82, 2.24) is 15.2 Å². The van der Waals surface area contributed by atoms with Gasteiger partial charge in [-0.1, -0.05) is 0 Å². The summed E-state index contributed by atoms with van der Waals surface area (Å²) in [7, 11) is -4.38. The third-order valence-electron chi connectivity index (χ3n) is 2.17. The van der Waals surface area contributed by atoms with Crippen molar-refractivity contribution in [2.75, 3.05) is 0 Å². The number of rotatable bonds is 2. The highest BCUT2D eigenvalue weighted by molar-refractivity contribution is 7.89. The molecule has 1 heterocycles. The maximum atomic E-state index is 13.4. The van der Waals surface area contributed by atoms with Gasteiger partial charge in [-0.2, -0.15) is 10.1 Å². The van der Waals surface area contributed by atoms with Crippen LogP contribution >= 0.6 is 0 Å². The number of hydrogen-bond donors (Lipinski definition) is 2. The summed E-state index contributed by atoms with van der Waals surface area (Å²) >= 11 is 0. The van der Waals surface area contributed by atoms with E-state index in [1.54, 1.807) is 5.10 Å². The van der Waals surface area contributed by atoms with Gasteiger partial charge in [-0.15, -0.1) is 0 Å². The average molecular weight is 314 g/mol. The standard InChI is InChI=1S/C8H3F5N4O2S/c9-2-1(3(10)5(12)6(13)4(2)11)7-15-8(17-16-7)20(14,18)19/h(H2,14,18,19)(H,15,16,17). The van der Waals surface area contributed by atoms with Crippen LogP contribution in [0.15, 0.2) is 5.16 Å². The molecular weight excluding hydrogens is 311 g/mol. The van der Waals surface area contributed by atoms with Gasteiger partial charge in [0, 0.05) is 0 Å². The molecule has 3 N–H and O–H groups in total. The Morgan fingerprint density at radius 3 is 1.75 bits per heavy atom. The van der Waals surface area contributed by atoms with Crippen molar-refractivity contribution in [3.05, 3.63) is 29.1 Å². The Morgan fingerprint density at radius 1 is 0.900 bits per heavy atom. The maximum absolute atomic E-state index is 13.4. The van der Waals surface area contributed by atoms with E-state index in [9.17, 15) is 30.4 Å². The third-order valence-corrected chi connectivity index (χ3v) is 2.89. The van der Waals surface area contributed by atoms with Crippen LogP contribution in [0.4, 0.5) is 22.0 Å². The summed E-state index contributed by atoms with van der Waals surface area (Å²) in [6.45, 7) is 0. The molecule has 1 aromatic carbocycles. The number of sulfonamides is 1. The Balaban J connectivity index is 2.74. The van der Waals surface area contributed by atoms with Crippen LogP contribution in [0.1, 0.15) is 0 Å². The van der Waals surface area contributed by atoms with E-state index in [4.69, 9.17) is 0 Å². The number of halogens is 5. The van der Waals surface area contributed by atoms with Gasteiger partial charge < -0.3 is 0 Å². The molecule has 20 heavy (non-hydrogen) atoms. The van der Waals surface area contributed by atoms with Crippen LogP contribution < -0.4 is 5.14 Å². The summed E-state index contributed by atoms with van der Waals surface area (Å²) in [5.74, 6) is -12.2. The lowest BCUT2D eigenvalue weighted by atomic mass is 10.1. The fraction of sp³-hybridized carbons (Fsp3) is 0. The molecule has 12 heteroatoms. The predicted octanol–water partition coefficient (Wildman–Crippen LogP) is 0.815. The smallest absolute Gasteiger partial charge is 0.248 e. The van der Waals surface area contributed by atoms with Crippen LogP contribution in [0.25, 0.3) is 11.4 Å². The first-order valence-corrected chi connectivity index (χ1v) is 6.16. The zero-order valence-corrected chi connectivity index (χ0v) is 9.90. The van der Waals surface area contributed by atoms with Gasteiger partial charge in [-0.25, -0.2) is 40.6 Å². The number of aromatic amines is 1. The molecule has 0 fully saturated rings. The summed E-state index contributed by atoms with van der Waals surface area (Å²) in [5.41, 5.74) is -1.47. The number of primary sulfonamides is 1. The van der Waals surface area contributed by atoms with Crippen molar-refractivity contribution in [3.8, 4) is 11.4 Å². The summed E-state index contributed by atoms with van der Waals surface area (Å²) in [6.07, 6.45) is 0. The van der Waals surface area contributed by atoms with Crippen molar-refractivity contribution in [1.29, 1.82) is 0 Å². The van der Waals surface area contributed by atoms with E-state index < -0.39 is 55.7 Å². The SMILES string of the molecule is NS(=O)(=O)c1nc(-c2c(F)c(F)c(F)c(F)c2F)n[nH]1. The van der Waals surface area contributed by atoms with E-state index in [-0.39, 0.29) is 0 Å². The molecular formula is C8H3F5N4O2S. The average Bonchev–Trinajstić information content (AvgIpc) is 2.83. The number of nitrogens with two attached hydrogens (primary N) is 1. The first-order chi connectivity index (χ1) is 9.14. The summed E-state index contributed by atoms with van der Waals surface area (Å²) < 4.78 is 87.3. The Kier molecular flexibility index (Phi) is 3.21. The Labute approximate surface area is 107 Å². The molecule has 0 unspecified atom stereocenters. The molecule has 1 aromatic heterocycles. The second kappa shape index (κ2) is 4.49. The number of nitrogens with one attached hydrogen (secondary N) is 1. The minimum Gasteiger partial charge on any atom is -0.248 e. The molecule has 0 amide bonds. The predicted molar refractivity (Wildman–Crippen MR) is 53.0 cm³/mol. The molecule has 0 spiro atoms. The van der Waals surface area contributed by atoms with Crippen LogP contribution in [-0.4, -0.2) is 23.6 Å². The lowest BCUT2D eigenvalue weighted by Crippen LogP contribution is -2.14. The maximum Gasteiger partial charge on any atom is 0.273 e. The molecule has 2 aromatic rings. The molecule has 0 atom stereocenters. The molecule has 0 saturated heterocycles. The van der Waals surface area contributed by atoms with Gasteiger partial charge in [0.1, 0.15) is 0 Å². The van der Waals surface area contributed by atoms with Crippen LogP contribution in [0, 0.1) is 29.1 Å². The first-order valence-electron chi connectivity index (χ1n) is 4.61. The van der Waals surface area contributed by atoms with Crippen molar-refractivity contribution in [2.45, 2.75) is 5.16 Å². The molecule has 0 aliphatic rings. The van der Waals surface area contributed by atoms with Crippen LogP contribution in [0.2, 0.25) is 0 Å². The van der Waals surface area contributed by atoms with Crippen molar-refractivity contribution in [2.24, 2.45) is 5.14 Å². The van der Waals surface area contributed by atoms with E-state index in [0.717, 1.165) is 0 Å².